The molecular weight excluding hydrogens is 245 g/mol. The topological polar surface area (TPSA) is 18.5 Å². The number of alkyl halides is 2. The summed E-state index contributed by atoms with van der Waals surface area (Å²) in [5.41, 5.74) is -1.62. The van der Waals surface area contributed by atoms with E-state index in [9.17, 15) is 8.78 Å². The van der Waals surface area contributed by atoms with Crippen LogP contribution in [-0.2, 0) is 4.74 Å². The maximum atomic E-state index is 12.4. The first-order valence-electron chi connectivity index (χ1n) is 5.41. The van der Waals surface area contributed by atoms with Gasteiger partial charge in [0, 0.05) is 6.42 Å². The predicted octanol–water partition coefficient (Wildman–Crippen LogP) is 3.25. The normalized spacial score (nSPS) is 11.5. The van der Waals surface area contributed by atoms with Crippen molar-refractivity contribution in [2.24, 2.45) is 0 Å². The molecule has 1 aromatic rings. The predicted molar refractivity (Wildman–Crippen MR) is 66.8 cm³/mol. The minimum absolute atomic E-state index is 0.0354. The zero-order chi connectivity index (χ0) is 12.7. The summed E-state index contributed by atoms with van der Waals surface area (Å²) in [6.45, 7) is 2.69. The van der Waals surface area contributed by atoms with Gasteiger partial charge in [-0.3, -0.25) is 0 Å². The number of aryl methyl sites for hydroxylation is 1. The Balaban J connectivity index is 2.09. The van der Waals surface area contributed by atoms with Gasteiger partial charge in [0.2, 0.25) is 0 Å². The van der Waals surface area contributed by atoms with E-state index in [-0.39, 0.29) is 13.0 Å². The van der Waals surface area contributed by atoms with Crippen LogP contribution >= 0.6 is 9.24 Å². The number of hydrogen-bond acceptors (Lipinski definition) is 2. The monoisotopic (exact) mass is 262 g/mol. The highest BCUT2D eigenvalue weighted by molar-refractivity contribution is 7.18. The molecule has 0 N–H and O–H groups in total. The van der Waals surface area contributed by atoms with Crippen molar-refractivity contribution >= 4 is 9.24 Å². The van der Waals surface area contributed by atoms with Crippen LogP contribution in [0.15, 0.2) is 24.3 Å². The highest BCUT2D eigenvalue weighted by atomic mass is 31.0. The molecule has 5 heteroatoms. The van der Waals surface area contributed by atoms with E-state index in [0.29, 0.717) is 13.2 Å². The summed E-state index contributed by atoms with van der Waals surface area (Å²) in [4.78, 5) is 0. The van der Waals surface area contributed by atoms with Crippen LogP contribution in [0.1, 0.15) is 12.0 Å². The molecule has 1 atom stereocenters. The summed E-state index contributed by atoms with van der Waals surface area (Å²) in [5.74, 6) is 0.768. The first kappa shape index (κ1) is 14.3. The van der Waals surface area contributed by atoms with E-state index in [4.69, 9.17) is 9.47 Å². The van der Waals surface area contributed by atoms with Gasteiger partial charge in [0.05, 0.1) is 13.2 Å². The zero-order valence-electron chi connectivity index (χ0n) is 9.79. The van der Waals surface area contributed by atoms with Crippen LogP contribution in [0, 0.1) is 6.92 Å². The van der Waals surface area contributed by atoms with Gasteiger partial charge in [-0.25, -0.2) is 8.78 Å². The fourth-order valence-corrected chi connectivity index (χ4v) is 1.35. The number of ether oxygens (including phenoxy) is 2. The third-order valence-electron chi connectivity index (χ3n) is 2.07. The molecule has 0 aliphatic rings. The lowest BCUT2D eigenvalue weighted by atomic mass is 10.2. The lowest BCUT2D eigenvalue weighted by Crippen LogP contribution is -2.13. The third kappa shape index (κ3) is 7.24. The first-order valence-corrected chi connectivity index (χ1v) is 5.99. The van der Waals surface area contributed by atoms with Gasteiger partial charge in [0.15, 0.2) is 0 Å². The summed E-state index contributed by atoms with van der Waals surface area (Å²) in [5, 5.41) is 0. The Kier molecular flexibility index (Phi) is 5.79. The highest BCUT2D eigenvalue weighted by Gasteiger charge is 2.20. The van der Waals surface area contributed by atoms with E-state index in [1.807, 2.05) is 31.2 Å². The molecule has 0 bridgehead atoms. The Morgan fingerprint density at radius 2 is 2.00 bits per heavy atom. The van der Waals surface area contributed by atoms with Crippen molar-refractivity contribution in [3.8, 4) is 5.75 Å². The number of hydrogen-bond donors (Lipinski definition) is 0. The molecule has 0 aliphatic heterocycles. The molecule has 0 heterocycles. The van der Waals surface area contributed by atoms with E-state index < -0.39 is 5.66 Å². The number of halogens is 2. The fraction of sp³-hybridized carbons (Fsp3) is 0.500. The molecule has 96 valence electrons. The van der Waals surface area contributed by atoms with Crippen LogP contribution in [0.5, 0.6) is 5.75 Å². The van der Waals surface area contributed by atoms with Crippen molar-refractivity contribution in [3.05, 3.63) is 29.8 Å². The summed E-state index contributed by atoms with van der Waals surface area (Å²) < 4.78 is 35.2. The van der Waals surface area contributed by atoms with Gasteiger partial charge in [-0.2, -0.15) is 0 Å². The maximum Gasteiger partial charge on any atom is 0.261 e. The van der Waals surface area contributed by atoms with Gasteiger partial charge >= 0.3 is 0 Å². The van der Waals surface area contributed by atoms with Crippen LogP contribution in [0.25, 0.3) is 0 Å². The van der Waals surface area contributed by atoms with Crippen molar-refractivity contribution in [1.82, 2.24) is 0 Å². The molecule has 0 spiro atoms. The van der Waals surface area contributed by atoms with E-state index in [2.05, 4.69) is 0 Å². The molecule has 0 fully saturated rings. The standard InChI is InChI=1S/C12H17F2O2P/c1-10-3-2-4-11(9-10)16-8-7-15-6-5-12(13,14)17/h2-4,9H,5-8,17H2,1H3. The van der Waals surface area contributed by atoms with E-state index in [0.717, 1.165) is 11.3 Å². The Morgan fingerprint density at radius 3 is 2.65 bits per heavy atom. The lowest BCUT2D eigenvalue weighted by molar-refractivity contribution is 0.0334. The molecule has 0 saturated heterocycles. The molecule has 1 unspecified atom stereocenters. The van der Waals surface area contributed by atoms with Gasteiger partial charge in [-0.15, -0.1) is 0 Å². The van der Waals surface area contributed by atoms with Gasteiger partial charge in [0.25, 0.3) is 5.66 Å². The van der Waals surface area contributed by atoms with Crippen molar-refractivity contribution < 1.29 is 18.3 Å². The Hall–Kier alpha value is -0.730. The van der Waals surface area contributed by atoms with Crippen LogP contribution in [0.2, 0.25) is 0 Å². The van der Waals surface area contributed by atoms with Gasteiger partial charge < -0.3 is 9.47 Å². The molecule has 0 radical (unpaired) electrons. The average Bonchev–Trinajstić information content (AvgIpc) is 2.22. The molecule has 0 aliphatic carbocycles. The largest absolute Gasteiger partial charge is 0.491 e. The smallest absolute Gasteiger partial charge is 0.261 e. The maximum absolute atomic E-state index is 12.4. The molecule has 1 rings (SSSR count). The van der Waals surface area contributed by atoms with E-state index in [1.165, 1.54) is 9.24 Å². The second-order valence-electron chi connectivity index (χ2n) is 3.79. The van der Waals surface area contributed by atoms with Crippen molar-refractivity contribution in [2.45, 2.75) is 19.0 Å². The van der Waals surface area contributed by atoms with Gasteiger partial charge in [-0.05, 0) is 24.6 Å². The second-order valence-corrected chi connectivity index (χ2v) is 4.63. The van der Waals surface area contributed by atoms with Crippen molar-refractivity contribution in [3.63, 3.8) is 0 Å². The zero-order valence-corrected chi connectivity index (χ0v) is 10.9. The number of rotatable bonds is 7. The molecular formula is C12H17F2O2P. The minimum Gasteiger partial charge on any atom is -0.491 e. The minimum atomic E-state index is -2.74. The Morgan fingerprint density at radius 1 is 1.24 bits per heavy atom. The van der Waals surface area contributed by atoms with E-state index in [1.54, 1.807) is 0 Å². The van der Waals surface area contributed by atoms with E-state index >= 15 is 0 Å². The Bertz CT molecular complexity index is 340. The van der Waals surface area contributed by atoms with Gasteiger partial charge in [0.1, 0.15) is 12.4 Å². The SMILES string of the molecule is Cc1cccc(OCCOCCC(F)(F)P)c1. The first-order chi connectivity index (χ1) is 7.97. The summed E-state index contributed by atoms with van der Waals surface area (Å²) >= 11 is 0. The summed E-state index contributed by atoms with van der Waals surface area (Å²) in [7, 11) is 1.49. The van der Waals surface area contributed by atoms with Crippen molar-refractivity contribution in [1.29, 1.82) is 0 Å². The van der Waals surface area contributed by atoms with Crippen LogP contribution in [0.4, 0.5) is 8.78 Å². The van der Waals surface area contributed by atoms with Crippen LogP contribution < -0.4 is 4.74 Å². The lowest BCUT2D eigenvalue weighted by Gasteiger charge is -2.10. The van der Waals surface area contributed by atoms with Crippen LogP contribution in [-0.4, -0.2) is 25.5 Å². The highest BCUT2D eigenvalue weighted by Crippen LogP contribution is 2.25. The molecule has 2 nitrogen and oxygen atoms in total. The summed E-state index contributed by atoms with van der Waals surface area (Å²) in [6, 6.07) is 7.64. The molecule has 1 aromatic carbocycles. The summed E-state index contributed by atoms with van der Waals surface area (Å²) in [6.07, 6.45) is -0.290. The average molecular weight is 262 g/mol. The Labute approximate surface area is 103 Å². The molecule has 17 heavy (non-hydrogen) atoms. The third-order valence-corrected chi connectivity index (χ3v) is 2.35. The second kappa shape index (κ2) is 6.87. The molecule has 0 amide bonds. The molecule has 0 aromatic heterocycles. The van der Waals surface area contributed by atoms with Gasteiger partial charge in [-0.1, -0.05) is 21.4 Å². The quantitative estimate of drug-likeness (QED) is 0.554. The molecule has 0 saturated carbocycles. The van der Waals surface area contributed by atoms with Crippen LogP contribution in [0.3, 0.4) is 0 Å². The number of benzene rings is 1. The van der Waals surface area contributed by atoms with Crippen molar-refractivity contribution in [2.75, 3.05) is 19.8 Å². The fourth-order valence-electron chi connectivity index (χ4n) is 1.23.